The molecule has 3 aromatic heterocycles. The number of hydrogen-bond donors (Lipinski definition) is 2. The summed E-state index contributed by atoms with van der Waals surface area (Å²) in [4.78, 5) is 13.0. The van der Waals surface area contributed by atoms with Crippen LogP contribution in [0.5, 0.6) is 0 Å². The van der Waals surface area contributed by atoms with Gasteiger partial charge in [-0.05, 0) is 42.5 Å². The number of hydrogen-bond acceptors (Lipinski definition) is 7. The fourth-order valence-electron chi connectivity index (χ4n) is 2.42. The first-order valence-corrected chi connectivity index (χ1v) is 9.07. The van der Waals surface area contributed by atoms with Crippen LogP contribution in [0.15, 0.2) is 66.0 Å². The molecule has 0 aliphatic rings. The SMILES string of the molecule is NS(=O)(=O)c1ccc(Nc2nccc(-c3cnc4cccnn34)n2)cc1. The second-order valence-electron chi connectivity index (χ2n) is 5.40. The second-order valence-corrected chi connectivity index (χ2v) is 6.96. The van der Waals surface area contributed by atoms with Crippen molar-refractivity contribution >= 4 is 27.3 Å². The third kappa shape index (κ3) is 3.10. The van der Waals surface area contributed by atoms with Crippen molar-refractivity contribution in [3.05, 3.63) is 61.1 Å². The van der Waals surface area contributed by atoms with Gasteiger partial charge in [0.15, 0.2) is 5.65 Å². The molecule has 0 unspecified atom stereocenters. The lowest BCUT2D eigenvalue weighted by Gasteiger charge is -2.07. The van der Waals surface area contributed by atoms with Gasteiger partial charge >= 0.3 is 0 Å². The number of anilines is 2. The van der Waals surface area contributed by atoms with E-state index in [4.69, 9.17) is 5.14 Å². The van der Waals surface area contributed by atoms with Gasteiger partial charge in [0.05, 0.1) is 16.8 Å². The molecule has 3 N–H and O–H groups in total. The molecule has 4 rings (SSSR count). The van der Waals surface area contributed by atoms with Crippen molar-refractivity contribution in [2.45, 2.75) is 4.90 Å². The summed E-state index contributed by atoms with van der Waals surface area (Å²) >= 11 is 0. The van der Waals surface area contributed by atoms with Crippen molar-refractivity contribution in [3.63, 3.8) is 0 Å². The van der Waals surface area contributed by atoms with E-state index in [0.29, 0.717) is 23.0 Å². The molecule has 9 nitrogen and oxygen atoms in total. The first-order valence-electron chi connectivity index (χ1n) is 7.53. The number of fused-ring (bicyclic) bond motifs is 1. The Bertz CT molecular complexity index is 1190. The topological polar surface area (TPSA) is 128 Å². The Balaban J connectivity index is 1.64. The normalized spacial score (nSPS) is 11.6. The monoisotopic (exact) mass is 367 g/mol. The van der Waals surface area contributed by atoms with Crippen LogP contribution in [0.25, 0.3) is 17.0 Å². The van der Waals surface area contributed by atoms with Gasteiger partial charge in [-0.15, -0.1) is 0 Å². The lowest BCUT2D eigenvalue weighted by molar-refractivity contribution is 0.598. The number of nitrogens with one attached hydrogen (secondary N) is 1. The molecule has 26 heavy (non-hydrogen) atoms. The molecule has 130 valence electrons. The smallest absolute Gasteiger partial charge is 0.238 e. The Morgan fingerprint density at radius 3 is 2.58 bits per heavy atom. The minimum atomic E-state index is -3.73. The largest absolute Gasteiger partial charge is 0.324 e. The summed E-state index contributed by atoms with van der Waals surface area (Å²) in [7, 11) is -3.73. The third-order valence-corrected chi connectivity index (χ3v) is 4.56. The van der Waals surface area contributed by atoms with Gasteiger partial charge in [0.2, 0.25) is 16.0 Å². The minimum absolute atomic E-state index is 0.0366. The van der Waals surface area contributed by atoms with E-state index >= 15 is 0 Å². The maximum atomic E-state index is 11.3. The fraction of sp³-hybridized carbons (Fsp3) is 0. The summed E-state index contributed by atoms with van der Waals surface area (Å²) < 4.78 is 24.3. The van der Waals surface area contributed by atoms with Gasteiger partial charge < -0.3 is 5.32 Å². The zero-order valence-corrected chi connectivity index (χ0v) is 14.1. The molecule has 0 saturated heterocycles. The average molecular weight is 367 g/mol. The maximum absolute atomic E-state index is 11.3. The summed E-state index contributed by atoms with van der Waals surface area (Å²) in [6.07, 6.45) is 4.98. The van der Waals surface area contributed by atoms with E-state index in [-0.39, 0.29) is 4.90 Å². The van der Waals surface area contributed by atoms with Gasteiger partial charge in [-0.3, -0.25) is 0 Å². The number of nitrogens with two attached hydrogens (primary N) is 1. The lowest BCUT2D eigenvalue weighted by Crippen LogP contribution is -2.11. The molecule has 0 atom stereocenters. The number of benzene rings is 1. The summed E-state index contributed by atoms with van der Waals surface area (Å²) in [6.45, 7) is 0. The molecule has 4 aromatic rings. The highest BCUT2D eigenvalue weighted by molar-refractivity contribution is 7.89. The fourth-order valence-corrected chi connectivity index (χ4v) is 2.94. The predicted octanol–water partition coefficient (Wildman–Crippen LogP) is 1.58. The van der Waals surface area contributed by atoms with E-state index in [0.717, 1.165) is 5.69 Å². The molecule has 10 heteroatoms. The van der Waals surface area contributed by atoms with Crippen molar-refractivity contribution in [2.24, 2.45) is 5.14 Å². The van der Waals surface area contributed by atoms with Crippen molar-refractivity contribution in [1.82, 2.24) is 24.6 Å². The molecule has 0 fully saturated rings. The van der Waals surface area contributed by atoms with Gasteiger partial charge in [0, 0.05) is 18.1 Å². The van der Waals surface area contributed by atoms with Crippen LogP contribution in [0.2, 0.25) is 0 Å². The predicted molar refractivity (Wildman–Crippen MR) is 95.1 cm³/mol. The van der Waals surface area contributed by atoms with E-state index < -0.39 is 10.0 Å². The van der Waals surface area contributed by atoms with Gasteiger partial charge in [-0.2, -0.15) is 5.10 Å². The van der Waals surface area contributed by atoms with E-state index in [1.54, 1.807) is 41.3 Å². The Labute approximate surface area is 148 Å². The van der Waals surface area contributed by atoms with Crippen LogP contribution in [-0.4, -0.2) is 33.0 Å². The van der Waals surface area contributed by atoms with Crippen LogP contribution in [0.3, 0.4) is 0 Å². The lowest BCUT2D eigenvalue weighted by atomic mass is 10.3. The van der Waals surface area contributed by atoms with Crippen LogP contribution in [0.1, 0.15) is 0 Å². The first-order chi connectivity index (χ1) is 12.5. The highest BCUT2D eigenvalue weighted by atomic mass is 32.2. The molecule has 0 bridgehead atoms. The molecule has 1 aromatic carbocycles. The number of rotatable bonds is 4. The van der Waals surface area contributed by atoms with E-state index in [1.165, 1.54) is 12.1 Å². The molecule has 0 aliphatic carbocycles. The summed E-state index contributed by atoms with van der Waals surface area (Å²) in [5.74, 6) is 0.358. The molecule has 0 radical (unpaired) electrons. The quantitative estimate of drug-likeness (QED) is 0.560. The number of imidazole rings is 1. The van der Waals surface area contributed by atoms with Gasteiger partial charge in [0.25, 0.3) is 0 Å². The van der Waals surface area contributed by atoms with Crippen LogP contribution in [0.4, 0.5) is 11.6 Å². The zero-order valence-electron chi connectivity index (χ0n) is 13.3. The third-order valence-electron chi connectivity index (χ3n) is 3.63. The van der Waals surface area contributed by atoms with Crippen LogP contribution in [0, 0.1) is 0 Å². The molecule has 0 spiro atoms. The highest BCUT2D eigenvalue weighted by Crippen LogP contribution is 2.20. The summed E-state index contributed by atoms with van der Waals surface area (Å²) in [5, 5.41) is 12.4. The summed E-state index contributed by atoms with van der Waals surface area (Å²) in [6, 6.07) is 11.4. The zero-order chi connectivity index (χ0) is 18.1. The number of nitrogens with zero attached hydrogens (tertiary/aromatic N) is 5. The van der Waals surface area contributed by atoms with E-state index in [2.05, 4.69) is 25.4 Å². The number of sulfonamides is 1. The number of primary sulfonamides is 1. The minimum Gasteiger partial charge on any atom is -0.324 e. The first kappa shape index (κ1) is 16.1. The summed E-state index contributed by atoms with van der Waals surface area (Å²) in [5.41, 5.74) is 2.73. The van der Waals surface area contributed by atoms with Crippen molar-refractivity contribution in [3.8, 4) is 11.4 Å². The van der Waals surface area contributed by atoms with Crippen molar-refractivity contribution in [1.29, 1.82) is 0 Å². The van der Waals surface area contributed by atoms with Gasteiger partial charge in [-0.25, -0.2) is 33.0 Å². The molecular formula is C16H13N7O2S. The average Bonchev–Trinajstić information content (AvgIpc) is 3.06. The maximum Gasteiger partial charge on any atom is 0.238 e. The van der Waals surface area contributed by atoms with Crippen LogP contribution < -0.4 is 10.5 Å². The van der Waals surface area contributed by atoms with Crippen LogP contribution >= 0.6 is 0 Å². The molecular weight excluding hydrogens is 354 g/mol. The van der Waals surface area contributed by atoms with Crippen molar-refractivity contribution < 1.29 is 8.42 Å². The number of aromatic nitrogens is 5. The van der Waals surface area contributed by atoms with E-state index in [9.17, 15) is 8.42 Å². The molecule has 0 amide bonds. The molecule has 0 aliphatic heterocycles. The Morgan fingerprint density at radius 1 is 1.00 bits per heavy atom. The van der Waals surface area contributed by atoms with Gasteiger partial charge in [-0.1, -0.05) is 0 Å². The second kappa shape index (κ2) is 6.17. The Hall–Kier alpha value is -3.37. The van der Waals surface area contributed by atoms with Crippen molar-refractivity contribution in [2.75, 3.05) is 5.32 Å². The highest BCUT2D eigenvalue weighted by Gasteiger charge is 2.10. The Morgan fingerprint density at radius 2 is 1.81 bits per heavy atom. The molecule has 3 heterocycles. The van der Waals surface area contributed by atoms with E-state index in [1.807, 2.05) is 12.1 Å². The standard InChI is InChI=1S/C16H13N7O2S/c17-26(24,25)12-5-3-11(4-6-12)21-16-18-9-7-13(22-16)14-10-19-15-2-1-8-20-23(14)15/h1-10H,(H2,17,24,25)(H,18,21,22). The Kier molecular flexibility index (Phi) is 3.82. The van der Waals surface area contributed by atoms with Crippen LogP contribution in [-0.2, 0) is 10.0 Å². The molecule has 0 saturated carbocycles. The van der Waals surface area contributed by atoms with Gasteiger partial charge in [0.1, 0.15) is 5.69 Å².